The molecule has 0 radical (unpaired) electrons. The van der Waals surface area contributed by atoms with E-state index < -0.39 is 6.10 Å². The normalized spacial score (nSPS) is 13.5. The van der Waals surface area contributed by atoms with Crippen LogP contribution in [0.2, 0.25) is 0 Å². The van der Waals surface area contributed by atoms with Crippen LogP contribution in [0.1, 0.15) is 31.2 Å². The maximum Gasteiger partial charge on any atom is 0.193 e. The Kier molecular flexibility index (Phi) is 3.16. The first-order valence-electron chi connectivity index (χ1n) is 6.38. The summed E-state index contributed by atoms with van der Waals surface area (Å²) in [5.74, 6) is 0.230. The summed E-state index contributed by atoms with van der Waals surface area (Å²) < 4.78 is 4.10. The average molecular weight is 275 g/mol. The Morgan fingerprint density at radius 2 is 2.16 bits per heavy atom. The van der Waals surface area contributed by atoms with Crippen LogP contribution in [0.5, 0.6) is 0 Å². The summed E-state index contributed by atoms with van der Waals surface area (Å²) in [4.78, 5) is 5.57. The lowest BCUT2D eigenvalue weighted by molar-refractivity contribution is 0.127. The number of thiazole rings is 1. The molecule has 19 heavy (non-hydrogen) atoms. The van der Waals surface area contributed by atoms with Gasteiger partial charge in [0.05, 0.1) is 18.3 Å². The molecular weight excluding hydrogens is 258 g/mol. The van der Waals surface area contributed by atoms with Gasteiger partial charge in [-0.2, -0.15) is 0 Å². The standard InChI is InChI=1S/C14H17N3OS/c1-10(2)13(18)11-3-4-16(7-11)8-12-9-17-5-6-19-14(17)15-12/h3-7,9-10,13,18H,8H2,1-2H3. The molecule has 3 aromatic rings. The molecule has 0 spiro atoms. The third-order valence-electron chi connectivity index (χ3n) is 3.23. The number of nitrogens with zero attached hydrogens (tertiary/aromatic N) is 3. The molecule has 1 unspecified atom stereocenters. The SMILES string of the molecule is CC(C)C(O)c1ccn(Cc2cn3ccsc3n2)c1. The van der Waals surface area contributed by atoms with Crippen LogP contribution in [0.3, 0.4) is 0 Å². The fraction of sp³-hybridized carbons (Fsp3) is 0.357. The Morgan fingerprint density at radius 1 is 1.32 bits per heavy atom. The van der Waals surface area contributed by atoms with Crippen molar-refractivity contribution in [2.45, 2.75) is 26.5 Å². The van der Waals surface area contributed by atoms with Crippen molar-refractivity contribution >= 4 is 16.3 Å². The second kappa shape index (κ2) is 4.83. The predicted molar refractivity (Wildman–Crippen MR) is 76.4 cm³/mol. The molecule has 0 aliphatic carbocycles. The molecule has 3 heterocycles. The van der Waals surface area contributed by atoms with Crippen molar-refractivity contribution in [3.63, 3.8) is 0 Å². The molecule has 0 saturated carbocycles. The third-order valence-corrected chi connectivity index (χ3v) is 4.00. The summed E-state index contributed by atoms with van der Waals surface area (Å²) in [6.45, 7) is 4.77. The zero-order valence-corrected chi connectivity index (χ0v) is 11.8. The molecule has 4 nitrogen and oxygen atoms in total. The Hall–Kier alpha value is -1.59. The summed E-state index contributed by atoms with van der Waals surface area (Å²) in [7, 11) is 0. The second-order valence-electron chi connectivity index (χ2n) is 5.13. The van der Waals surface area contributed by atoms with E-state index in [1.165, 1.54) is 0 Å². The predicted octanol–water partition coefficient (Wildman–Crippen LogP) is 2.94. The number of aliphatic hydroxyl groups is 1. The van der Waals surface area contributed by atoms with E-state index in [2.05, 4.69) is 9.55 Å². The van der Waals surface area contributed by atoms with Crippen molar-refractivity contribution in [2.24, 2.45) is 5.92 Å². The van der Waals surface area contributed by atoms with Gasteiger partial charge in [-0.05, 0) is 17.5 Å². The lowest BCUT2D eigenvalue weighted by Gasteiger charge is -2.12. The van der Waals surface area contributed by atoms with Crippen LogP contribution < -0.4 is 0 Å². The van der Waals surface area contributed by atoms with E-state index in [1.807, 2.05) is 54.5 Å². The number of aliphatic hydroxyl groups excluding tert-OH is 1. The van der Waals surface area contributed by atoms with Crippen LogP contribution in [0.4, 0.5) is 0 Å². The highest BCUT2D eigenvalue weighted by Crippen LogP contribution is 2.22. The Bertz CT molecular complexity index is 651. The topological polar surface area (TPSA) is 42.5 Å². The first-order valence-corrected chi connectivity index (χ1v) is 7.26. The number of rotatable bonds is 4. The monoisotopic (exact) mass is 275 g/mol. The van der Waals surface area contributed by atoms with Gasteiger partial charge in [-0.15, -0.1) is 11.3 Å². The van der Waals surface area contributed by atoms with Gasteiger partial charge >= 0.3 is 0 Å². The minimum absolute atomic E-state index is 0.230. The van der Waals surface area contributed by atoms with Gasteiger partial charge in [0, 0.05) is 30.2 Å². The molecule has 0 aliphatic heterocycles. The molecule has 0 aliphatic rings. The number of fused-ring (bicyclic) bond motifs is 1. The van der Waals surface area contributed by atoms with E-state index in [0.29, 0.717) is 0 Å². The van der Waals surface area contributed by atoms with Crippen molar-refractivity contribution in [1.29, 1.82) is 0 Å². The van der Waals surface area contributed by atoms with E-state index in [4.69, 9.17) is 0 Å². The van der Waals surface area contributed by atoms with Crippen LogP contribution >= 0.6 is 11.3 Å². The van der Waals surface area contributed by atoms with Crippen LogP contribution in [-0.4, -0.2) is 19.1 Å². The molecule has 0 aromatic carbocycles. The quantitative estimate of drug-likeness (QED) is 0.795. The molecule has 100 valence electrons. The van der Waals surface area contributed by atoms with Gasteiger partial charge in [0.15, 0.2) is 4.96 Å². The van der Waals surface area contributed by atoms with Gasteiger partial charge in [-0.3, -0.25) is 4.40 Å². The van der Waals surface area contributed by atoms with Crippen molar-refractivity contribution in [3.05, 3.63) is 47.5 Å². The van der Waals surface area contributed by atoms with Gasteiger partial charge in [0.2, 0.25) is 0 Å². The maximum atomic E-state index is 10.0. The average Bonchev–Trinajstić information content (AvgIpc) is 3.03. The Balaban J connectivity index is 1.78. The summed E-state index contributed by atoms with van der Waals surface area (Å²) in [5, 5.41) is 12.1. The van der Waals surface area contributed by atoms with Crippen molar-refractivity contribution in [2.75, 3.05) is 0 Å². The lowest BCUT2D eigenvalue weighted by atomic mass is 10.0. The van der Waals surface area contributed by atoms with Gasteiger partial charge in [-0.1, -0.05) is 13.8 Å². The fourth-order valence-electron chi connectivity index (χ4n) is 2.16. The molecule has 5 heteroatoms. The third kappa shape index (κ3) is 2.43. The molecule has 3 aromatic heterocycles. The first kappa shape index (κ1) is 12.4. The van der Waals surface area contributed by atoms with Gasteiger partial charge < -0.3 is 9.67 Å². The minimum Gasteiger partial charge on any atom is -0.388 e. The molecule has 0 amide bonds. The molecule has 1 N–H and O–H groups in total. The number of hydrogen-bond donors (Lipinski definition) is 1. The Labute approximate surface area is 116 Å². The van der Waals surface area contributed by atoms with Crippen molar-refractivity contribution < 1.29 is 5.11 Å². The largest absolute Gasteiger partial charge is 0.388 e. The summed E-state index contributed by atoms with van der Waals surface area (Å²) >= 11 is 1.64. The van der Waals surface area contributed by atoms with Crippen molar-refractivity contribution in [3.8, 4) is 0 Å². The summed E-state index contributed by atoms with van der Waals surface area (Å²) in [6.07, 6.45) is 7.66. The van der Waals surface area contributed by atoms with E-state index in [-0.39, 0.29) is 5.92 Å². The van der Waals surface area contributed by atoms with Crippen LogP contribution in [0.15, 0.2) is 36.2 Å². The highest BCUT2D eigenvalue weighted by molar-refractivity contribution is 7.15. The molecule has 0 bridgehead atoms. The maximum absolute atomic E-state index is 10.0. The number of hydrogen-bond acceptors (Lipinski definition) is 3. The first-order chi connectivity index (χ1) is 9.13. The number of aromatic nitrogens is 3. The summed E-state index contributed by atoms with van der Waals surface area (Å²) in [5.41, 5.74) is 2.00. The zero-order valence-electron chi connectivity index (χ0n) is 11.0. The summed E-state index contributed by atoms with van der Waals surface area (Å²) in [6, 6.07) is 1.98. The fourth-order valence-corrected chi connectivity index (χ4v) is 2.88. The molecule has 1 atom stereocenters. The van der Waals surface area contributed by atoms with Gasteiger partial charge in [0.1, 0.15) is 0 Å². The van der Waals surface area contributed by atoms with E-state index >= 15 is 0 Å². The van der Waals surface area contributed by atoms with Crippen LogP contribution in [-0.2, 0) is 6.54 Å². The number of imidazole rings is 1. The minimum atomic E-state index is -0.397. The van der Waals surface area contributed by atoms with Crippen LogP contribution in [0.25, 0.3) is 4.96 Å². The van der Waals surface area contributed by atoms with Crippen LogP contribution in [0, 0.1) is 5.92 Å². The highest BCUT2D eigenvalue weighted by atomic mass is 32.1. The second-order valence-corrected chi connectivity index (χ2v) is 6.00. The molecule has 3 rings (SSSR count). The Morgan fingerprint density at radius 3 is 2.89 bits per heavy atom. The smallest absolute Gasteiger partial charge is 0.193 e. The highest BCUT2D eigenvalue weighted by Gasteiger charge is 2.13. The zero-order chi connectivity index (χ0) is 13.4. The molecule has 0 fully saturated rings. The van der Waals surface area contributed by atoms with E-state index in [0.717, 1.165) is 22.8 Å². The molecule has 0 saturated heterocycles. The van der Waals surface area contributed by atoms with Gasteiger partial charge in [-0.25, -0.2) is 4.98 Å². The molecular formula is C14H17N3OS. The van der Waals surface area contributed by atoms with E-state index in [9.17, 15) is 5.11 Å². The van der Waals surface area contributed by atoms with Crippen molar-refractivity contribution in [1.82, 2.24) is 14.0 Å². The van der Waals surface area contributed by atoms with Gasteiger partial charge in [0.25, 0.3) is 0 Å². The van der Waals surface area contributed by atoms with E-state index in [1.54, 1.807) is 11.3 Å². The lowest BCUT2D eigenvalue weighted by Crippen LogP contribution is -2.04.